The van der Waals surface area contributed by atoms with Crippen LogP contribution in [0.4, 0.5) is 4.79 Å². The summed E-state index contributed by atoms with van der Waals surface area (Å²) in [6.45, 7) is 6.15. The van der Waals surface area contributed by atoms with Crippen LogP contribution >= 0.6 is 0 Å². The van der Waals surface area contributed by atoms with Gasteiger partial charge in [0.05, 0.1) is 7.11 Å². The van der Waals surface area contributed by atoms with Gasteiger partial charge >= 0.3 is 6.09 Å². The highest BCUT2D eigenvalue weighted by Gasteiger charge is 2.29. The summed E-state index contributed by atoms with van der Waals surface area (Å²) < 4.78 is 4.58. The molecule has 1 rings (SSSR count). The minimum Gasteiger partial charge on any atom is -0.452 e. The van der Waals surface area contributed by atoms with Crippen LogP contribution < -0.4 is 0 Å². The molecule has 0 saturated carbocycles. The summed E-state index contributed by atoms with van der Waals surface area (Å²) in [5.41, 5.74) is 0.534. The summed E-state index contributed by atoms with van der Waals surface area (Å²) in [6, 6.07) is 0. The topological polar surface area (TPSA) is 46.6 Å². The van der Waals surface area contributed by atoms with E-state index in [-0.39, 0.29) is 11.3 Å². The number of nitrogens with zero attached hydrogens (tertiary/aromatic N) is 1. The Labute approximate surface area is 95.6 Å². The van der Waals surface area contributed by atoms with Crippen molar-refractivity contribution in [3.8, 4) is 0 Å². The first-order valence-electron chi connectivity index (χ1n) is 5.11. The molecule has 16 heavy (non-hydrogen) atoms. The molecule has 0 aliphatic carbocycles. The Morgan fingerprint density at radius 3 is 2.56 bits per heavy atom. The third-order valence-corrected chi connectivity index (χ3v) is 2.54. The van der Waals surface area contributed by atoms with Crippen LogP contribution in [0.15, 0.2) is 24.0 Å². The van der Waals surface area contributed by atoms with Crippen LogP contribution in [0.3, 0.4) is 0 Å². The van der Waals surface area contributed by atoms with Crippen LogP contribution in [0, 0.1) is 11.3 Å². The second kappa shape index (κ2) is 4.51. The van der Waals surface area contributed by atoms with Gasteiger partial charge in [0.15, 0.2) is 0 Å². The first-order valence-corrected chi connectivity index (χ1v) is 5.11. The van der Waals surface area contributed by atoms with Gasteiger partial charge in [-0.25, -0.2) is 4.79 Å². The van der Waals surface area contributed by atoms with Gasteiger partial charge in [0, 0.05) is 23.9 Å². The van der Waals surface area contributed by atoms with Gasteiger partial charge in [-0.05, 0) is 5.41 Å². The number of aldehydes is 1. The van der Waals surface area contributed by atoms with Crippen molar-refractivity contribution < 1.29 is 14.3 Å². The molecule has 4 nitrogen and oxygen atoms in total. The second-order valence-electron chi connectivity index (χ2n) is 4.81. The van der Waals surface area contributed by atoms with Crippen molar-refractivity contribution in [1.29, 1.82) is 0 Å². The highest BCUT2D eigenvalue weighted by Crippen LogP contribution is 2.34. The molecule has 1 aliphatic heterocycles. The largest absolute Gasteiger partial charge is 0.452 e. The summed E-state index contributed by atoms with van der Waals surface area (Å²) in [6.07, 6.45) is 5.29. The average Bonchev–Trinajstić information content (AvgIpc) is 2.25. The number of hydrogen-bond acceptors (Lipinski definition) is 3. The van der Waals surface area contributed by atoms with E-state index in [1.165, 1.54) is 18.2 Å². The molecule has 4 heteroatoms. The van der Waals surface area contributed by atoms with Crippen LogP contribution in [0.1, 0.15) is 20.8 Å². The molecule has 0 unspecified atom stereocenters. The lowest BCUT2D eigenvalue weighted by atomic mass is 9.76. The summed E-state index contributed by atoms with van der Waals surface area (Å²) in [4.78, 5) is 23.5. The van der Waals surface area contributed by atoms with Crippen molar-refractivity contribution in [2.24, 2.45) is 11.3 Å². The third-order valence-electron chi connectivity index (χ3n) is 2.54. The number of methoxy groups -OCH3 is 1. The number of carbonyl (C=O) groups is 2. The van der Waals surface area contributed by atoms with Crippen molar-refractivity contribution in [2.45, 2.75) is 20.8 Å². The van der Waals surface area contributed by atoms with Gasteiger partial charge in [-0.2, -0.15) is 0 Å². The van der Waals surface area contributed by atoms with Gasteiger partial charge in [-0.3, -0.25) is 9.69 Å². The lowest BCUT2D eigenvalue weighted by Gasteiger charge is -2.32. The predicted octanol–water partition coefficient (Wildman–Crippen LogP) is 2.33. The lowest BCUT2D eigenvalue weighted by Crippen LogP contribution is -2.29. The van der Waals surface area contributed by atoms with E-state index in [9.17, 15) is 9.59 Å². The molecule has 0 aromatic heterocycles. The van der Waals surface area contributed by atoms with Crippen molar-refractivity contribution >= 4 is 12.4 Å². The van der Waals surface area contributed by atoms with E-state index < -0.39 is 6.09 Å². The molecule has 0 spiro atoms. The van der Waals surface area contributed by atoms with Gasteiger partial charge < -0.3 is 4.74 Å². The molecule has 0 aromatic carbocycles. The highest BCUT2D eigenvalue weighted by atomic mass is 16.5. The molecule has 1 atom stereocenters. The monoisotopic (exact) mass is 223 g/mol. The molecule has 0 N–H and O–H groups in total. The molecule has 0 saturated heterocycles. The summed E-state index contributed by atoms with van der Waals surface area (Å²) in [7, 11) is 1.31. The van der Waals surface area contributed by atoms with E-state index in [0.717, 1.165) is 6.29 Å². The van der Waals surface area contributed by atoms with Crippen molar-refractivity contribution in [1.82, 2.24) is 4.90 Å². The van der Waals surface area contributed by atoms with E-state index in [4.69, 9.17) is 0 Å². The third kappa shape index (κ3) is 2.51. The number of amides is 1. The highest BCUT2D eigenvalue weighted by molar-refractivity contribution is 5.78. The number of ether oxygens (including phenoxy) is 1. The zero-order valence-corrected chi connectivity index (χ0v) is 10.1. The quantitative estimate of drug-likeness (QED) is 0.641. The summed E-state index contributed by atoms with van der Waals surface area (Å²) >= 11 is 0. The first-order chi connectivity index (χ1) is 7.40. The Morgan fingerprint density at radius 1 is 1.50 bits per heavy atom. The summed E-state index contributed by atoms with van der Waals surface area (Å²) in [5, 5.41) is 0. The smallest absolute Gasteiger partial charge is 0.417 e. The van der Waals surface area contributed by atoms with Crippen molar-refractivity contribution in [3.63, 3.8) is 0 Å². The van der Waals surface area contributed by atoms with Crippen LogP contribution in [-0.4, -0.2) is 24.4 Å². The zero-order chi connectivity index (χ0) is 12.3. The van der Waals surface area contributed by atoms with Crippen LogP contribution in [0.2, 0.25) is 0 Å². The van der Waals surface area contributed by atoms with Crippen LogP contribution in [0.5, 0.6) is 0 Å². The maximum absolute atomic E-state index is 11.3. The Morgan fingerprint density at radius 2 is 2.12 bits per heavy atom. The van der Waals surface area contributed by atoms with Crippen molar-refractivity contribution in [2.75, 3.05) is 7.11 Å². The molecule has 88 valence electrons. The standard InChI is InChI=1S/C12H17NO3/c1-12(2,3)10-5-6-13(11(15)16-4)7-9(10)8-14/h5-8,10H,1-4H3/t10-/m0/s1. The molecule has 0 bridgehead atoms. The van der Waals surface area contributed by atoms with E-state index in [1.54, 1.807) is 6.20 Å². The van der Waals surface area contributed by atoms with Crippen LogP contribution in [-0.2, 0) is 9.53 Å². The number of hydrogen-bond donors (Lipinski definition) is 0. The fraction of sp³-hybridized carbons (Fsp3) is 0.500. The number of carbonyl (C=O) groups excluding carboxylic acids is 2. The van der Waals surface area contributed by atoms with E-state index >= 15 is 0 Å². The predicted molar refractivity (Wildman–Crippen MR) is 60.5 cm³/mol. The van der Waals surface area contributed by atoms with E-state index in [1.807, 2.05) is 26.8 Å². The van der Waals surface area contributed by atoms with E-state index in [0.29, 0.717) is 5.57 Å². The molecule has 0 fully saturated rings. The second-order valence-corrected chi connectivity index (χ2v) is 4.81. The fourth-order valence-electron chi connectivity index (χ4n) is 1.69. The first kappa shape index (κ1) is 12.5. The maximum atomic E-state index is 11.3. The van der Waals surface area contributed by atoms with E-state index in [2.05, 4.69) is 4.74 Å². The van der Waals surface area contributed by atoms with Gasteiger partial charge in [-0.15, -0.1) is 0 Å². The minimum absolute atomic E-state index is 0.0194. The van der Waals surface area contributed by atoms with Gasteiger partial charge in [0.2, 0.25) is 0 Å². The fourth-order valence-corrected chi connectivity index (χ4v) is 1.69. The van der Waals surface area contributed by atoms with Gasteiger partial charge in [0.25, 0.3) is 0 Å². The molecule has 1 aliphatic rings. The number of allylic oxidation sites excluding steroid dienone is 2. The molecule has 1 amide bonds. The molecule has 0 aromatic rings. The molecule has 0 radical (unpaired) electrons. The molecular formula is C12H17NO3. The molecular weight excluding hydrogens is 206 g/mol. The Kier molecular flexibility index (Phi) is 3.52. The maximum Gasteiger partial charge on any atom is 0.417 e. The number of rotatable bonds is 1. The Hall–Kier alpha value is -1.58. The summed E-state index contributed by atoms with van der Waals surface area (Å²) in [5.74, 6) is 0.0194. The van der Waals surface area contributed by atoms with Gasteiger partial charge in [0.1, 0.15) is 6.29 Å². The molecule has 1 heterocycles. The average molecular weight is 223 g/mol. The lowest BCUT2D eigenvalue weighted by molar-refractivity contribution is -0.105. The Bertz CT molecular complexity index is 350. The van der Waals surface area contributed by atoms with Crippen molar-refractivity contribution in [3.05, 3.63) is 24.0 Å². The van der Waals surface area contributed by atoms with Gasteiger partial charge in [-0.1, -0.05) is 26.8 Å². The SMILES string of the molecule is COC(=O)N1C=C[C@H](C(C)(C)C)C(C=O)=C1. The minimum atomic E-state index is -0.497. The zero-order valence-electron chi connectivity index (χ0n) is 10.1. The normalized spacial score (nSPS) is 20.4. The van der Waals surface area contributed by atoms with Crippen LogP contribution in [0.25, 0.3) is 0 Å². The Balaban J connectivity index is 2.97.